The molecule has 0 aromatic heterocycles. The number of rotatable bonds is 5. The molecule has 1 unspecified atom stereocenters. The van der Waals surface area contributed by atoms with Crippen LogP contribution in [0.25, 0.3) is 0 Å². The molecule has 19 heavy (non-hydrogen) atoms. The quantitative estimate of drug-likeness (QED) is 0.762. The second-order valence-electron chi connectivity index (χ2n) is 6.09. The summed E-state index contributed by atoms with van der Waals surface area (Å²) >= 11 is 0. The van der Waals surface area contributed by atoms with Gasteiger partial charge in [0.2, 0.25) is 11.8 Å². The van der Waals surface area contributed by atoms with E-state index in [-0.39, 0.29) is 17.9 Å². The zero-order valence-electron chi connectivity index (χ0n) is 11.9. The molecule has 0 radical (unpaired) electrons. The Hall–Kier alpha value is -1.10. The lowest BCUT2D eigenvalue weighted by Gasteiger charge is -2.29. The Morgan fingerprint density at radius 3 is 2.74 bits per heavy atom. The molecule has 0 aromatic carbocycles. The summed E-state index contributed by atoms with van der Waals surface area (Å²) in [7, 11) is 0. The highest BCUT2D eigenvalue weighted by molar-refractivity contribution is 5.90. The maximum absolute atomic E-state index is 12.5. The second-order valence-corrected chi connectivity index (χ2v) is 6.09. The molecule has 2 fully saturated rings. The van der Waals surface area contributed by atoms with Gasteiger partial charge in [-0.25, -0.2) is 0 Å². The molecule has 2 rings (SSSR count). The van der Waals surface area contributed by atoms with E-state index in [1.807, 2.05) is 4.90 Å². The predicted molar refractivity (Wildman–Crippen MR) is 73.6 cm³/mol. The van der Waals surface area contributed by atoms with Crippen LogP contribution in [0.3, 0.4) is 0 Å². The van der Waals surface area contributed by atoms with Gasteiger partial charge in [-0.15, -0.1) is 0 Å². The number of nitrogens with one attached hydrogen (secondary N) is 2. The fourth-order valence-corrected chi connectivity index (χ4v) is 2.89. The summed E-state index contributed by atoms with van der Waals surface area (Å²) in [6.07, 6.45) is 3.45. The highest BCUT2D eigenvalue weighted by Gasteiger charge is 2.32. The largest absolute Gasteiger partial charge is 0.344 e. The number of amides is 2. The zero-order valence-corrected chi connectivity index (χ0v) is 11.9. The van der Waals surface area contributed by atoms with Crippen molar-refractivity contribution >= 4 is 11.8 Å². The van der Waals surface area contributed by atoms with Crippen LogP contribution in [-0.4, -0.2) is 48.4 Å². The molecule has 2 aliphatic heterocycles. The van der Waals surface area contributed by atoms with Crippen molar-refractivity contribution in [3.8, 4) is 0 Å². The highest BCUT2D eigenvalue weighted by atomic mass is 16.2. The maximum Gasteiger partial charge on any atom is 0.245 e. The van der Waals surface area contributed by atoms with Crippen molar-refractivity contribution in [1.29, 1.82) is 0 Å². The smallest absolute Gasteiger partial charge is 0.245 e. The summed E-state index contributed by atoms with van der Waals surface area (Å²) in [5, 5.41) is 6.22. The molecule has 2 amide bonds. The van der Waals surface area contributed by atoms with Gasteiger partial charge in [-0.1, -0.05) is 13.8 Å². The molecule has 2 saturated heterocycles. The molecule has 108 valence electrons. The monoisotopic (exact) mass is 267 g/mol. The van der Waals surface area contributed by atoms with Crippen molar-refractivity contribution in [2.45, 2.75) is 51.6 Å². The molecule has 0 aromatic rings. The zero-order chi connectivity index (χ0) is 13.8. The Kier molecular flexibility index (Phi) is 4.80. The van der Waals surface area contributed by atoms with Gasteiger partial charge in [0.05, 0.1) is 0 Å². The van der Waals surface area contributed by atoms with E-state index in [0.29, 0.717) is 24.8 Å². The molecule has 0 saturated carbocycles. The fourth-order valence-electron chi connectivity index (χ4n) is 2.89. The molecule has 5 heteroatoms. The van der Waals surface area contributed by atoms with E-state index in [0.717, 1.165) is 26.1 Å². The molecule has 2 atom stereocenters. The third-order valence-electron chi connectivity index (χ3n) is 3.79. The van der Waals surface area contributed by atoms with Gasteiger partial charge >= 0.3 is 0 Å². The molecule has 2 aliphatic rings. The van der Waals surface area contributed by atoms with Gasteiger partial charge in [-0.3, -0.25) is 9.59 Å². The normalized spacial score (nSPS) is 26.8. The van der Waals surface area contributed by atoms with Gasteiger partial charge < -0.3 is 15.5 Å². The van der Waals surface area contributed by atoms with Crippen LogP contribution in [0.1, 0.15) is 39.5 Å². The Balaban J connectivity index is 1.94. The van der Waals surface area contributed by atoms with Gasteiger partial charge in [0, 0.05) is 25.6 Å². The average Bonchev–Trinajstić information content (AvgIpc) is 2.98. The lowest BCUT2D eigenvalue weighted by Crippen LogP contribution is -2.49. The van der Waals surface area contributed by atoms with Gasteiger partial charge in [-0.2, -0.15) is 0 Å². The third kappa shape index (κ3) is 3.93. The van der Waals surface area contributed by atoms with E-state index in [4.69, 9.17) is 0 Å². The Labute approximate surface area is 115 Å². The Bertz CT molecular complexity index is 338. The van der Waals surface area contributed by atoms with Crippen molar-refractivity contribution in [2.75, 3.05) is 19.6 Å². The first kappa shape index (κ1) is 14.3. The van der Waals surface area contributed by atoms with Crippen LogP contribution >= 0.6 is 0 Å². The van der Waals surface area contributed by atoms with Gasteiger partial charge in [0.25, 0.3) is 0 Å². The summed E-state index contributed by atoms with van der Waals surface area (Å²) < 4.78 is 0. The lowest BCUT2D eigenvalue weighted by molar-refractivity contribution is -0.135. The van der Waals surface area contributed by atoms with Crippen molar-refractivity contribution in [2.24, 2.45) is 5.92 Å². The SMILES string of the molecule is CC(C)CN(CC1CCCN1)C(=O)[C@H]1CCC(=O)N1. The van der Waals surface area contributed by atoms with E-state index < -0.39 is 0 Å². The number of hydrogen-bond donors (Lipinski definition) is 2. The molecular formula is C14H25N3O2. The summed E-state index contributed by atoms with van der Waals surface area (Å²) in [6.45, 7) is 6.83. The Morgan fingerprint density at radius 2 is 2.21 bits per heavy atom. The van der Waals surface area contributed by atoms with Gasteiger partial charge in [0.15, 0.2) is 0 Å². The number of carbonyl (C=O) groups excluding carboxylic acids is 2. The summed E-state index contributed by atoms with van der Waals surface area (Å²) in [5.41, 5.74) is 0. The predicted octanol–water partition coefficient (Wildman–Crippen LogP) is 0.502. The van der Waals surface area contributed by atoms with Crippen LogP contribution in [0.5, 0.6) is 0 Å². The van der Waals surface area contributed by atoms with Crippen LogP contribution in [0, 0.1) is 5.92 Å². The number of nitrogens with zero attached hydrogens (tertiary/aromatic N) is 1. The summed E-state index contributed by atoms with van der Waals surface area (Å²) in [6, 6.07) is 0.118. The van der Waals surface area contributed by atoms with Crippen molar-refractivity contribution in [3.63, 3.8) is 0 Å². The standard InChI is InChI=1S/C14H25N3O2/c1-10(2)8-17(9-11-4-3-7-15-11)14(19)12-5-6-13(18)16-12/h10-12,15H,3-9H2,1-2H3,(H,16,18)/t11?,12-/m1/s1. The molecule has 0 spiro atoms. The highest BCUT2D eigenvalue weighted by Crippen LogP contribution is 2.14. The van der Waals surface area contributed by atoms with E-state index >= 15 is 0 Å². The first-order chi connectivity index (χ1) is 9.06. The van der Waals surface area contributed by atoms with E-state index in [1.54, 1.807) is 0 Å². The minimum absolute atomic E-state index is 0.00170. The van der Waals surface area contributed by atoms with E-state index in [2.05, 4.69) is 24.5 Å². The van der Waals surface area contributed by atoms with Crippen molar-refractivity contribution in [3.05, 3.63) is 0 Å². The first-order valence-corrected chi connectivity index (χ1v) is 7.38. The number of hydrogen-bond acceptors (Lipinski definition) is 3. The van der Waals surface area contributed by atoms with Crippen LogP contribution in [0.2, 0.25) is 0 Å². The van der Waals surface area contributed by atoms with Gasteiger partial charge in [0.1, 0.15) is 6.04 Å². The number of carbonyl (C=O) groups is 2. The lowest BCUT2D eigenvalue weighted by atomic mass is 10.1. The Morgan fingerprint density at radius 1 is 1.42 bits per heavy atom. The van der Waals surface area contributed by atoms with E-state index in [1.165, 1.54) is 6.42 Å². The van der Waals surface area contributed by atoms with Crippen LogP contribution in [0.15, 0.2) is 0 Å². The summed E-state index contributed by atoms with van der Waals surface area (Å²) in [4.78, 5) is 25.7. The maximum atomic E-state index is 12.5. The van der Waals surface area contributed by atoms with Crippen LogP contribution in [-0.2, 0) is 9.59 Å². The third-order valence-corrected chi connectivity index (χ3v) is 3.79. The minimum Gasteiger partial charge on any atom is -0.344 e. The molecule has 2 N–H and O–H groups in total. The second kappa shape index (κ2) is 6.37. The van der Waals surface area contributed by atoms with Crippen molar-refractivity contribution in [1.82, 2.24) is 15.5 Å². The molecule has 0 aliphatic carbocycles. The molecular weight excluding hydrogens is 242 g/mol. The minimum atomic E-state index is -0.298. The first-order valence-electron chi connectivity index (χ1n) is 7.38. The molecule has 2 heterocycles. The average molecular weight is 267 g/mol. The van der Waals surface area contributed by atoms with Crippen LogP contribution < -0.4 is 10.6 Å². The van der Waals surface area contributed by atoms with E-state index in [9.17, 15) is 9.59 Å². The molecule has 0 bridgehead atoms. The van der Waals surface area contributed by atoms with Crippen molar-refractivity contribution < 1.29 is 9.59 Å². The topological polar surface area (TPSA) is 61.4 Å². The molecule has 5 nitrogen and oxygen atoms in total. The fraction of sp³-hybridized carbons (Fsp3) is 0.857. The van der Waals surface area contributed by atoms with Gasteiger partial charge in [-0.05, 0) is 31.7 Å². The van der Waals surface area contributed by atoms with Crippen LogP contribution in [0.4, 0.5) is 0 Å². The summed E-state index contributed by atoms with van der Waals surface area (Å²) in [5.74, 6) is 0.539.